The zero-order chi connectivity index (χ0) is 19.6. The summed E-state index contributed by atoms with van der Waals surface area (Å²) in [5.74, 6) is -0.400. The molecule has 1 aliphatic carbocycles. The van der Waals surface area contributed by atoms with Crippen LogP contribution in [0.25, 0.3) is 0 Å². The number of Topliss-reactive ketones (excluding diaryl/α,β-unsaturated/α-hetero) is 2. The van der Waals surface area contributed by atoms with Crippen LogP contribution in [0.15, 0.2) is 18.2 Å². The van der Waals surface area contributed by atoms with Crippen molar-refractivity contribution in [1.82, 2.24) is 15.1 Å². The Balaban J connectivity index is 1.76. The van der Waals surface area contributed by atoms with Crippen LogP contribution in [0.5, 0.6) is 0 Å². The van der Waals surface area contributed by atoms with Crippen LogP contribution in [0.2, 0.25) is 0 Å². The second kappa shape index (κ2) is 7.90. The smallest absolute Gasteiger partial charge is 0.317 e. The summed E-state index contributed by atoms with van der Waals surface area (Å²) in [7, 11) is 1.72. The van der Waals surface area contributed by atoms with Gasteiger partial charge in [-0.2, -0.15) is 0 Å². The van der Waals surface area contributed by atoms with Crippen LogP contribution in [-0.4, -0.2) is 52.9 Å². The lowest BCUT2D eigenvalue weighted by Gasteiger charge is -2.29. The van der Waals surface area contributed by atoms with Crippen LogP contribution >= 0.6 is 0 Å². The molecule has 1 aliphatic heterocycles. The Morgan fingerprint density at radius 1 is 1.30 bits per heavy atom. The van der Waals surface area contributed by atoms with Gasteiger partial charge in [-0.25, -0.2) is 4.79 Å². The summed E-state index contributed by atoms with van der Waals surface area (Å²) >= 11 is 0. The van der Waals surface area contributed by atoms with E-state index in [4.69, 9.17) is 0 Å². The van der Waals surface area contributed by atoms with Crippen molar-refractivity contribution in [3.8, 4) is 0 Å². The van der Waals surface area contributed by atoms with Crippen molar-refractivity contribution in [2.75, 3.05) is 13.6 Å². The van der Waals surface area contributed by atoms with Gasteiger partial charge in [-0.1, -0.05) is 19.1 Å². The molecule has 3 amide bonds. The number of fused-ring (bicyclic) bond motifs is 1. The van der Waals surface area contributed by atoms with Crippen molar-refractivity contribution in [3.05, 3.63) is 34.9 Å². The number of hydrogen-bond donors (Lipinski definition) is 1. The Kier molecular flexibility index (Phi) is 5.58. The highest BCUT2D eigenvalue weighted by molar-refractivity contribution is 6.07. The van der Waals surface area contributed by atoms with Gasteiger partial charge in [0.15, 0.2) is 5.78 Å². The highest BCUT2D eigenvalue weighted by atomic mass is 16.2. The van der Waals surface area contributed by atoms with Gasteiger partial charge in [-0.05, 0) is 30.0 Å². The molecule has 0 radical (unpaired) electrons. The van der Waals surface area contributed by atoms with Crippen LogP contribution in [0, 0.1) is 0 Å². The molecular weight excluding hydrogens is 346 g/mol. The minimum Gasteiger partial charge on any atom is -0.338 e. The average molecular weight is 371 g/mol. The third-order valence-corrected chi connectivity index (χ3v) is 5.19. The zero-order valence-corrected chi connectivity index (χ0v) is 15.8. The van der Waals surface area contributed by atoms with Crippen molar-refractivity contribution in [3.63, 3.8) is 0 Å². The van der Waals surface area contributed by atoms with E-state index in [0.29, 0.717) is 38.0 Å². The predicted octanol–water partition coefficient (Wildman–Crippen LogP) is 1.88. The molecule has 27 heavy (non-hydrogen) atoms. The molecule has 0 spiro atoms. The molecule has 1 fully saturated rings. The number of nitrogens with one attached hydrogen (secondary N) is 1. The highest BCUT2D eigenvalue weighted by Gasteiger charge is 2.39. The summed E-state index contributed by atoms with van der Waals surface area (Å²) < 4.78 is 0. The first kappa shape index (κ1) is 19.1. The van der Waals surface area contributed by atoms with Crippen LogP contribution in [-0.2, 0) is 22.7 Å². The molecule has 0 aromatic heterocycles. The monoisotopic (exact) mass is 371 g/mol. The van der Waals surface area contributed by atoms with Crippen molar-refractivity contribution in [1.29, 1.82) is 0 Å². The SMILES string of the molecule is CCCNC(=O)N(C)Cc1cccc2c1CN(C1CCC(=O)CC1=O)C2=O. The summed E-state index contributed by atoms with van der Waals surface area (Å²) in [6.45, 7) is 3.34. The number of urea groups is 1. The number of benzene rings is 1. The van der Waals surface area contributed by atoms with Gasteiger partial charge >= 0.3 is 6.03 Å². The minimum atomic E-state index is -0.527. The van der Waals surface area contributed by atoms with Crippen molar-refractivity contribution < 1.29 is 19.2 Å². The quantitative estimate of drug-likeness (QED) is 0.801. The molecule has 2 aliphatic rings. The largest absolute Gasteiger partial charge is 0.338 e. The molecule has 3 rings (SSSR count). The van der Waals surface area contributed by atoms with E-state index in [1.807, 2.05) is 13.0 Å². The minimum absolute atomic E-state index is 0.0548. The molecular formula is C20H25N3O4. The van der Waals surface area contributed by atoms with E-state index in [2.05, 4.69) is 5.32 Å². The molecule has 1 saturated carbocycles. The summed E-state index contributed by atoms with van der Waals surface area (Å²) in [6.07, 6.45) is 1.51. The molecule has 0 saturated heterocycles. The molecule has 1 atom stereocenters. The fraction of sp³-hybridized carbons (Fsp3) is 0.500. The Morgan fingerprint density at radius 2 is 2.07 bits per heavy atom. The zero-order valence-electron chi connectivity index (χ0n) is 15.8. The summed E-state index contributed by atoms with van der Waals surface area (Å²) in [5.41, 5.74) is 2.35. The normalized spacial score (nSPS) is 19.3. The number of amides is 3. The molecule has 1 N–H and O–H groups in total. The van der Waals surface area contributed by atoms with E-state index >= 15 is 0 Å². The van der Waals surface area contributed by atoms with E-state index in [0.717, 1.165) is 17.5 Å². The fourth-order valence-corrected chi connectivity index (χ4v) is 3.70. The Morgan fingerprint density at radius 3 is 2.78 bits per heavy atom. The standard InChI is InChI=1S/C20H25N3O4/c1-3-9-21-20(27)22(2)11-13-5-4-6-15-16(13)12-23(19(15)26)17-8-7-14(24)10-18(17)25/h4-6,17H,3,7-12H2,1-2H3,(H,21,27). The predicted molar refractivity (Wildman–Crippen MR) is 99.1 cm³/mol. The van der Waals surface area contributed by atoms with Gasteiger partial charge in [0, 0.05) is 38.7 Å². The van der Waals surface area contributed by atoms with Crippen LogP contribution in [0.1, 0.15) is 54.1 Å². The van der Waals surface area contributed by atoms with Crippen LogP contribution in [0.4, 0.5) is 4.79 Å². The maximum Gasteiger partial charge on any atom is 0.317 e. The maximum absolute atomic E-state index is 12.8. The molecule has 1 unspecified atom stereocenters. The Hall–Kier alpha value is -2.70. The van der Waals surface area contributed by atoms with Crippen LogP contribution in [0.3, 0.4) is 0 Å². The Bertz CT molecular complexity index is 789. The van der Waals surface area contributed by atoms with Crippen molar-refractivity contribution in [2.24, 2.45) is 0 Å². The second-order valence-corrected chi connectivity index (χ2v) is 7.20. The molecule has 144 valence electrons. The summed E-state index contributed by atoms with van der Waals surface area (Å²) in [6, 6.07) is 4.79. The molecule has 7 heteroatoms. The van der Waals surface area contributed by atoms with E-state index in [1.165, 1.54) is 0 Å². The second-order valence-electron chi connectivity index (χ2n) is 7.20. The number of rotatable bonds is 5. The lowest BCUT2D eigenvalue weighted by Crippen LogP contribution is -2.44. The first-order chi connectivity index (χ1) is 12.9. The third-order valence-electron chi connectivity index (χ3n) is 5.19. The van der Waals surface area contributed by atoms with Gasteiger partial charge in [0.25, 0.3) is 5.91 Å². The maximum atomic E-state index is 12.8. The highest BCUT2D eigenvalue weighted by Crippen LogP contribution is 2.31. The average Bonchev–Trinajstić information content (AvgIpc) is 2.97. The molecule has 7 nitrogen and oxygen atoms in total. The number of hydrogen-bond acceptors (Lipinski definition) is 4. The fourth-order valence-electron chi connectivity index (χ4n) is 3.70. The van der Waals surface area contributed by atoms with Gasteiger partial charge < -0.3 is 15.1 Å². The molecule has 0 bridgehead atoms. The first-order valence-corrected chi connectivity index (χ1v) is 9.37. The summed E-state index contributed by atoms with van der Waals surface area (Å²) in [4.78, 5) is 51.9. The summed E-state index contributed by atoms with van der Waals surface area (Å²) in [5, 5.41) is 2.83. The lowest BCUT2D eigenvalue weighted by molar-refractivity contribution is -0.133. The molecule has 1 aromatic rings. The topological polar surface area (TPSA) is 86.8 Å². The van der Waals surface area contributed by atoms with E-state index in [9.17, 15) is 19.2 Å². The van der Waals surface area contributed by atoms with E-state index in [-0.39, 0.29) is 29.9 Å². The van der Waals surface area contributed by atoms with E-state index in [1.54, 1.807) is 29.0 Å². The number of carbonyl (C=O) groups is 4. The van der Waals surface area contributed by atoms with Gasteiger partial charge in [0.2, 0.25) is 0 Å². The van der Waals surface area contributed by atoms with Gasteiger partial charge in [0.1, 0.15) is 5.78 Å². The van der Waals surface area contributed by atoms with Crippen molar-refractivity contribution in [2.45, 2.75) is 51.7 Å². The Labute approximate surface area is 158 Å². The number of nitrogens with zero attached hydrogens (tertiary/aromatic N) is 2. The number of ketones is 2. The lowest BCUT2D eigenvalue weighted by atomic mass is 9.92. The third kappa shape index (κ3) is 3.86. The first-order valence-electron chi connectivity index (χ1n) is 9.37. The molecule has 1 heterocycles. The van der Waals surface area contributed by atoms with Crippen LogP contribution < -0.4 is 5.32 Å². The van der Waals surface area contributed by atoms with E-state index < -0.39 is 6.04 Å². The van der Waals surface area contributed by atoms with Gasteiger partial charge in [-0.3, -0.25) is 14.4 Å². The number of carbonyl (C=O) groups excluding carboxylic acids is 4. The van der Waals surface area contributed by atoms with Gasteiger partial charge in [-0.15, -0.1) is 0 Å². The van der Waals surface area contributed by atoms with Gasteiger partial charge in [0.05, 0.1) is 12.5 Å². The van der Waals surface area contributed by atoms with Crippen molar-refractivity contribution >= 4 is 23.5 Å². The molecule has 1 aromatic carbocycles.